The standard InChI is InChI=1S/C14H15BrN2O2/c1-18-14-11(3-2-6-17-14)9-19-13-5-4-10(8-16)7-12(13)15/h2-7H,8-9,16H2,1H3. The van der Waals surface area contributed by atoms with E-state index in [-0.39, 0.29) is 0 Å². The third kappa shape index (κ3) is 3.45. The lowest BCUT2D eigenvalue weighted by molar-refractivity contribution is 0.292. The predicted molar refractivity (Wildman–Crippen MR) is 77.2 cm³/mol. The van der Waals surface area contributed by atoms with Crippen LogP contribution in [0.3, 0.4) is 0 Å². The molecule has 100 valence electrons. The van der Waals surface area contributed by atoms with Crippen molar-refractivity contribution < 1.29 is 9.47 Å². The van der Waals surface area contributed by atoms with Crippen molar-refractivity contribution in [3.05, 3.63) is 52.1 Å². The number of hydrogen-bond donors (Lipinski definition) is 1. The molecule has 1 aromatic carbocycles. The van der Waals surface area contributed by atoms with Gasteiger partial charge in [0.1, 0.15) is 12.4 Å². The van der Waals surface area contributed by atoms with E-state index in [1.54, 1.807) is 13.3 Å². The van der Waals surface area contributed by atoms with Gasteiger partial charge >= 0.3 is 0 Å². The number of nitrogens with two attached hydrogens (primary N) is 1. The molecule has 1 aromatic heterocycles. The van der Waals surface area contributed by atoms with Crippen LogP contribution in [0.15, 0.2) is 41.0 Å². The van der Waals surface area contributed by atoms with Crippen LogP contribution in [-0.2, 0) is 13.2 Å². The molecule has 0 aliphatic heterocycles. The molecule has 0 bridgehead atoms. The van der Waals surface area contributed by atoms with Crippen LogP contribution in [0.2, 0.25) is 0 Å². The molecule has 4 nitrogen and oxygen atoms in total. The van der Waals surface area contributed by atoms with E-state index in [1.807, 2.05) is 30.3 Å². The molecule has 0 unspecified atom stereocenters. The molecule has 0 aliphatic carbocycles. The van der Waals surface area contributed by atoms with Gasteiger partial charge in [0, 0.05) is 12.7 Å². The van der Waals surface area contributed by atoms with E-state index < -0.39 is 0 Å². The Balaban J connectivity index is 2.10. The molecule has 0 saturated carbocycles. The largest absolute Gasteiger partial charge is 0.488 e. The average Bonchev–Trinajstić information content (AvgIpc) is 2.46. The maximum absolute atomic E-state index is 5.76. The third-order valence-electron chi connectivity index (χ3n) is 2.66. The first-order chi connectivity index (χ1) is 9.24. The first kappa shape index (κ1) is 13.8. The Bertz CT molecular complexity index is 561. The maximum atomic E-state index is 5.76. The van der Waals surface area contributed by atoms with Crippen LogP contribution in [0.25, 0.3) is 0 Å². The minimum atomic E-state index is 0.400. The highest BCUT2D eigenvalue weighted by molar-refractivity contribution is 9.10. The number of benzene rings is 1. The van der Waals surface area contributed by atoms with E-state index in [1.165, 1.54) is 0 Å². The maximum Gasteiger partial charge on any atom is 0.219 e. The number of halogens is 1. The van der Waals surface area contributed by atoms with Crippen molar-refractivity contribution in [3.8, 4) is 11.6 Å². The summed E-state index contributed by atoms with van der Waals surface area (Å²) in [5, 5.41) is 0. The fraction of sp³-hybridized carbons (Fsp3) is 0.214. The van der Waals surface area contributed by atoms with Gasteiger partial charge in [-0.05, 0) is 45.8 Å². The van der Waals surface area contributed by atoms with Gasteiger partial charge in [-0.3, -0.25) is 0 Å². The number of nitrogens with zero attached hydrogens (tertiary/aromatic N) is 1. The van der Waals surface area contributed by atoms with Gasteiger partial charge in [-0.25, -0.2) is 4.98 Å². The summed E-state index contributed by atoms with van der Waals surface area (Å²) >= 11 is 3.47. The topological polar surface area (TPSA) is 57.4 Å². The number of rotatable bonds is 5. The van der Waals surface area contributed by atoms with Crippen molar-refractivity contribution in [2.75, 3.05) is 7.11 Å². The molecule has 2 N–H and O–H groups in total. The summed E-state index contributed by atoms with van der Waals surface area (Å²) in [6.45, 7) is 0.910. The smallest absolute Gasteiger partial charge is 0.219 e. The monoisotopic (exact) mass is 322 g/mol. The van der Waals surface area contributed by atoms with Crippen LogP contribution in [0.1, 0.15) is 11.1 Å². The van der Waals surface area contributed by atoms with Crippen LogP contribution in [0.5, 0.6) is 11.6 Å². The van der Waals surface area contributed by atoms with Crippen LogP contribution in [0.4, 0.5) is 0 Å². The molecule has 19 heavy (non-hydrogen) atoms. The van der Waals surface area contributed by atoms with Crippen molar-refractivity contribution in [1.82, 2.24) is 4.98 Å². The number of pyridine rings is 1. The SMILES string of the molecule is COc1ncccc1COc1ccc(CN)cc1Br. The summed E-state index contributed by atoms with van der Waals surface area (Å²) in [4.78, 5) is 4.13. The Labute approximate surface area is 120 Å². The van der Waals surface area contributed by atoms with Crippen molar-refractivity contribution >= 4 is 15.9 Å². The van der Waals surface area contributed by atoms with Crippen LogP contribution < -0.4 is 15.2 Å². The van der Waals surface area contributed by atoms with E-state index in [2.05, 4.69) is 20.9 Å². The van der Waals surface area contributed by atoms with E-state index in [0.29, 0.717) is 19.0 Å². The third-order valence-corrected chi connectivity index (χ3v) is 3.28. The Hall–Kier alpha value is -1.59. The fourth-order valence-electron chi connectivity index (χ4n) is 1.66. The minimum absolute atomic E-state index is 0.400. The average molecular weight is 323 g/mol. The van der Waals surface area contributed by atoms with E-state index in [0.717, 1.165) is 21.3 Å². The Morgan fingerprint density at radius 1 is 1.32 bits per heavy atom. The van der Waals surface area contributed by atoms with Crippen LogP contribution in [0, 0.1) is 0 Å². The Morgan fingerprint density at radius 2 is 2.16 bits per heavy atom. The number of aromatic nitrogens is 1. The van der Waals surface area contributed by atoms with E-state index >= 15 is 0 Å². The van der Waals surface area contributed by atoms with Crippen LogP contribution in [-0.4, -0.2) is 12.1 Å². The van der Waals surface area contributed by atoms with Crippen LogP contribution >= 0.6 is 15.9 Å². The second kappa shape index (κ2) is 6.54. The number of ether oxygens (including phenoxy) is 2. The van der Waals surface area contributed by atoms with Crippen molar-refractivity contribution in [3.63, 3.8) is 0 Å². The highest BCUT2D eigenvalue weighted by Gasteiger charge is 2.06. The summed E-state index contributed by atoms with van der Waals surface area (Å²) < 4.78 is 11.8. The Morgan fingerprint density at radius 3 is 2.84 bits per heavy atom. The molecule has 2 rings (SSSR count). The van der Waals surface area contributed by atoms with Crippen molar-refractivity contribution in [2.24, 2.45) is 5.73 Å². The molecule has 2 aromatic rings. The summed E-state index contributed by atoms with van der Waals surface area (Å²) in [6.07, 6.45) is 1.69. The molecule has 0 saturated heterocycles. The number of hydrogen-bond acceptors (Lipinski definition) is 4. The molecule has 0 radical (unpaired) electrons. The summed E-state index contributed by atoms with van der Waals surface area (Å²) in [7, 11) is 1.60. The zero-order valence-electron chi connectivity index (χ0n) is 10.6. The summed E-state index contributed by atoms with van der Waals surface area (Å²) in [5.41, 5.74) is 7.54. The van der Waals surface area contributed by atoms with Gasteiger partial charge in [0.25, 0.3) is 0 Å². The summed E-state index contributed by atoms with van der Waals surface area (Å²) in [5.74, 6) is 1.35. The molecule has 0 aliphatic rings. The van der Waals surface area contributed by atoms with Gasteiger partial charge in [-0.1, -0.05) is 6.07 Å². The lowest BCUT2D eigenvalue weighted by Gasteiger charge is -2.11. The zero-order chi connectivity index (χ0) is 13.7. The molecule has 0 amide bonds. The van der Waals surface area contributed by atoms with Gasteiger partial charge in [0.05, 0.1) is 17.1 Å². The van der Waals surface area contributed by atoms with E-state index in [9.17, 15) is 0 Å². The number of methoxy groups -OCH3 is 1. The normalized spacial score (nSPS) is 10.3. The Kier molecular flexibility index (Phi) is 4.76. The fourth-order valence-corrected chi connectivity index (χ4v) is 2.20. The molecule has 0 atom stereocenters. The molecule has 5 heteroatoms. The summed E-state index contributed by atoms with van der Waals surface area (Å²) in [6, 6.07) is 9.58. The first-order valence-corrected chi connectivity index (χ1v) is 6.63. The second-order valence-corrected chi connectivity index (χ2v) is 4.78. The molecule has 0 spiro atoms. The zero-order valence-corrected chi connectivity index (χ0v) is 12.2. The first-order valence-electron chi connectivity index (χ1n) is 5.83. The lowest BCUT2D eigenvalue weighted by atomic mass is 10.2. The highest BCUT2D eigenvalue weighted by atomic mass is 79.9. The van der Waals surface area contributed by atoms with E-state index in [4.69, 9.17) is 15.2 Å². The minimum Gasteiger partial charge on any atom is -0.488 e. The lowest BCUT2D eigenvalue weighted by Crippen LogP contribution is -2.01. The van der Waals surface area contributed by atoms with Crippen molar-refractivity contribution in [2.45, 2.75) is 13.2 Å². The van der Waals surface area contributed by atoms with Gasteiger partial charge < -0.3 is 15.2 Å². The molecule has 0 fully saturated rings. The quantitative estimate of drug-likeness (QED) is 0.919. The predicted octanol–water partition coefficient (Wildman–Crippen LogP) is 2.89. The van der Waals surface area contributed by atoms with Crippen molar-refractivity contribution in [1.29, 1.82) is 0 Å². The molecule has 1 heterocycles. The molecular formula is C14H15BrN2O2. The highest BCUT2D eigenvalue weighted by Crippen LogP contribution is 2.27. The van der Waals surface area contributed by atoms with Gasteiger partial charge in [-0.15, -0.1) is 0 Å². The van der Waals surface area contributed by atoms with Gasteiger partial charge in [0.2, 0.25) is 5.88 Å². The second-order valence-electron chi connectivity index (χ2n) is 3.93. The van der Waals surface area contributed by atoms with Gasteiger partial charge in [-0.2, -0.15) is 0 Å². The van der Waals surface area contributed by atoms with Gasteiger partial charge in [0.15, 0.2) is 0 Å². The molecular weight excluding hydrogens is 308 g/mol.